The number of amides is 1. The summed E-state index contributed by atoms with van der Waals surface area (Å²) in [5.74, 6) is 0.873. The van der Waals surface area contributed by atoms with Gasteiger partial charge in [0.25, 0.3) is 0 Å². The highest BCUT2D eigenvalue weighted by molar-refractivity contribution is 7.22. The second-order valence-corrected chi connectivity index (χ2v) is 8.09. The first-order valence-corrected chi connectivity index (χ1v) is 10.4. The van der Waals surface area contributed by atoms with Crippen LogP contribution in [-0.2, 0) is 16.0 Å². The lowest BCUT2D eigenvalue weighted by atomic mass is 10.1. The van der Waals surface area contributed by atoms with Gasteiger partial charge in [-0.1, -0.05) is 35.6 Å². The molecule has 1 aliphatic rings. The first-order chi connectivity index (χ1) is 13.6. The molecule has 1 fully saturated rings. The maximum Gasteiger partial charge on any atom is 0.233 e. The van der Waals surface area contributed by atoms with Gasteiger partial charge in [-0.05, 0) is 49.1 Å². The zero-order chi connectivity index (χ0) is 19.5. The Morgan fingerprint density at radius 1 is 1.32 bits per heavy atom. The summed E-state index contributed by atoms with van der Waals surface area (Å²) in [6, 6.07) is 13.9. The van der Waals surface area contributed by atoms with E-state index in [9.17, 15) is 4.79 Å². The number of rotatable bonds is 6. The van der Waals surface area contributed by atoms with E-state index in [0.29, 0.717) is 13.0 Å². The SMILES string of the molecule is COc1ccc(CC(=O)N(CC2CCCO2)c2nc3ccccc3s2)cc1C. The molecule has 0 bridgehead atoms. The normalized spacial score (nSPS) is 16.4. The molecule has 2 heterocycles. The predicted octanol–water partition coefficient (Wildman–Crippen LogP) is 4.37. The number of anilines is 1. The number of benzene rings is 2. The van der Waals surface area contributed by atoms with Crippen molar-refractivity contribution < 1.29 is 14.3 Å². The topological polar surface area (TPSA) is 51.7 Å². The summed E-state index contributed by atoms with van der Waals surface area (Å²) in [7, 11) is 1.66. The Labute approximate surface area is 168 Å². The first kappa shape index (κ1) is 18.9. The van der Waals surface area contributed by atoms with Gasteiger partial charge in [0.1, 0.15) is 5.75 Å². The molecular weight excluding hydrogens is 372 g/mol. The standard InChI is InChI=1S/C22H24N2O3S/c1-15-12-16(9-10-19(15)26-2)13-21(25)24(14-17-6-5-11-27-17)22-23-18-7-3-4-8-20(18)28-22/h3-4,7-10,12,17H,5-6,11,13-14H2,1-2H3. The summed E-state index contributed by atoms with van der Waals surface area (Å²) in [6.45, 7) is 3.31. The lowest BCUT2D eigenvalue weighted by Crippen LogP contribution is -2.38. The van der Waals surface area contributed by atoms with Gasteiger partial charge >= 0.3 is 0 Å². The number of aromatic nitrogens is 1. The number of nitrogens with zero attached hydrogens (tertiary/aromatic N) is 2. The molecule has 0 spiro atoms. The molecule has 1 atom stereocenters. The van der Waals surface area contributed by atoms with Crippen LogP contribution in [0.4, 0.5) is 5.13 Å². The number of fused-ring (bicyclic) bond motifs is 1. The number of hydrogen-bond donors (Lipinski definition) is 0. The van der Waals surface area contributed by atoms with E-state index in [1.54, 1.807) is 23.3 Å². The second kappa shape index (κ2) is 8.29. The van der Waals surface area contributed by atoms with Crippen LogP contribution in [0.2, 0.25) is 0 Å². The molecule has 1 aromatic heterocycles. The summed E-state index contributed by atoms with van der Waals surface area (Å²) < 4.78 is 12.2. The highest BCUT2D eigenvalue weighted by Crippen LogP contribution is 2.30. The Morgan fingerprint density at radius 2 is 2.18 bits per heavy atom. The van der Waals surface area contributed by atoms with Crippen molar-refractivity contribution in [1.29, 1.82) is 0 Å². The lowest BCUT2D eigenvalue weighted by molar-refractivity contribution is -0.118. The predicted molar refractivity (Wildman–Crippen MR) is 112 cm³/mol. The van der Waals surface area contributed by atoms with Gasteiger partial charge in [0, 0.05) is 6.61 Å². The molecule has 0 saturated carbocycles. The number of ether oxygens (including phenoxy) is 2. The first-order valence-electron chi connectivity index (χ1n) is 9.55. The summed E-state index contributed by atoms with van der Waals surface area (Å²) in [5, 5.41) is 0.743. The minimum Gasteiger partial charge on any atom is -0.496 e. The summed E-state index contributed by atoms with van der Waals surface area (Å²) >= 11 is 1.56. The van der Waals surface area contributed by atoms with Crippen LogP contribution in [0.1, 0.15) is 24.0 Å². The average Bonchev–Trinajstić information content (AvgIpc) is 3.35. The van der Waals surface area contributed by atoms with Crippen LogP contribution >= 0.6 is 11.3 Å². The molecule has 1 unspecified atom stereocenters. The summed E-state index contributed by atoms with van der Waals surface area (Å²) in [4.78, 5) is 19.8. The third-order valence-corrected chi connectivity index (χ3v) is 6.10. The van der Waals surface area contributed by atoms with Crippen molar-refractivity contribution in [2.24, 2.45) is 0 Å². The van der Waals surface area contributed by atoms with Crippen molar-refractivity contribution >= 4 is 32.6 Å². The third-order valence-electron chi connectivity index (χ3n) is 5.04. The van der Waals surface area contributed by atoms with Crippen molar-refractivity contribution in [3.63, 3.8) is 0 Å². The van der Waals surface area contributed by atoms with E-state index in [1.165, 1.54) is 0 Å². The summed E-state index contributed by atoms with van der Waals surface area (Å²) in [5.41, 5.74) is 2.92. The number of hydrogen-bond acceptors (Lipinski definition) is 5. The highest BCUT2D eigenvalue weighted by atomic mass is 32.1. The van der Waals surface area contributed by atoms with Gasteiger partial charge in [-0.2, -0.15) is 0 Å². The molecule has 4 rings (SSSR count). The minimum atomic E-state index is 0.0409. The molecule has 1 aliphatic heterocycles. The van der Waals surface area contributed by atoms with Crippen LogP contribution in [0.5, 0.6) is 5.75 Å². The van der Waals surface area contributed by atoms with Gasteiger partial charge in [-0.3, -0.25) is 9.69 Å². The van der Waals surface area contributed by atoms with Crippen molar-refractivity contribution in [1.82, 2.24) is 4.98 Å². The Kier molecular flexibility index (Phi) is 5.59. The zero-order valence-corrected chi connectivity index (χ0v) is 17.0. The van der Waals surface area contributed by atoms with Crippen LogP contribution < -0.4 is 9.64 Å². The number of methoxy groups -OCH3 is 1. The molecule has 0 aliphatic carbocycles. The van der Waals surface area contributed by atoms with Crippen LogP contribution in [0.25, 0.3) is 10.2 Å². The van der Waals surface area contributed by atoms with Crippen LogP contribution in [-0.4, -0.2) is 37.3 Å². The maximum atomic E-state index is 13.2. The molecule has 2 aromatic carbocycles. The van der Waals surface area contributed by atoms with E-state index in [4.69, 9.17) is 14.5 Å². The van der Waals surface area contributed by atoms with Crippen molar-refractivity contribution in [3.8, 4) is 5.75 Å². The number of carbonyl (C=O) groups excluding carboxylic acids is 1. The Bertz CT molecular complexity index is 946. The van der Waals surface area contributed by atoms with Gasteiger partial charge < -0.3 is 9.47 Å². The fourth-order valence-electron chi connectivity index (χ4n) is 3.57. The molecular formula is C22H24N2O3S. The van der Waals surface area contributed by atoms with Crippen LogP contribution in [0.15, 0.2) is 42.5 Å². The van der Waals surface area contributed by atoms with Gasteiger partial charge in [0.05, 0.1) is 36.4 Å². The van der Waals surface area contributed by atoms with Crippen molar-refractivity contribution in [3.05, 3.63) is 53.6 Å². The average molecular weight is 397 g/mol. The molecule has 0 N–H and O–H groups in total. The van der Waals surface area contributed by atoms with Gasteiger partial charge in [0.15, 0.2) is 5.13 Å². The maximum absolute atomic E-state index is 13.2. The fourth-order valence-corrected chi connectivity index (χ4v) is 4.57. The van der Waals surface area contributed by atoms with E-state index >= 15 is 0 Å². The molecule has 146 valence electrons. The fraction of sp³-hybridized carbons (Fsp3) is 0.364. The largest absolute Gasteiger partial charge is 0.496 e. The Hall–Kier alpha value is -2.44. The van der Waals surface area contributed by atoms with E-state index < -0.39 is 0 Å². The van der Waals surface area contributed by atoms with E-state index in [0.717, 1.165) is 51.7 Å². The van der Waals surface area contributed by atoms with E-state index in [2.05, 4.69) is 0 Å². The number of thiazole rings is 1. The highest BCUT2D eigenvalue weighted by Gasteiger charge is 2.26. The summed E-state index contributed by atoms with van der Waals surface area (Å²) in [6.07, 6.45) is 2.43. The van der Waals surface area contributed by atoms with Crippen molar-refractivity contribution in [2.45, 2.75) is 32.3 Å². The Morgan fingerprint density at radius 3 is 2.89 bits per heavy atom. The lowest BCUT2D eigenvalue weighted by Gasteiger charge is -2.23. The molecule has 28 heavy (non-hydrogen) atoms. The number of carbonyl (C=O) groups is 1. The molecule has 0 radical (unpaired) electrons. The Balaban J connectivity index is 1.60. The third kappa shape index (κ3) is 4.03. The van der Waals surface area contributed by atoms with Gasteiger partial charge in [-0.25, -0.2) is 4.98 Å². The zero-order valence-electron chi connectivity index (χ0n) is 16.2. The van der Waals surface area contributed by atoms with Gasteiger partial charge in [-0.15, -0.1) is 0 Å². The molecule has 3 aromatic rings. The van der Waals surface area contributed by atoms with E-state index in [-0.39, 0.29) is 12.0 Å². The second-order valence-electron chi connectivity index (χ2n) is 7.08. The number of aryl methyl sites for hydroxylation is 1. The minimum absolute atomic E-state index is 0.0409. The van der Waals surface area contributed by atoms with Gasteiger partial charge in [0.2, 0.25) is 5.91 Å². The molecule has 5 nitrogen and oxygen atoms in total. The smallest absolute Gasteiger partial charge is 0.233 e. The molecule has 1 saturated heterocycles. The monoisotopic (exact) mass is 396 g/mol. The van der Waals surface area contributed by atoms with Crippen LogP contribution in [0.3, 0.4) is 0 Å². The molecule has 6 heteroatoms. The molecule has 1 amide bonds. The van der Waals surface area contributed by atoms with E-state index in [1.807, 2.05) is 49.4 Å². The number of para-hydroxylation sites is 1. The van der Waals surface area contributed by atoms with Crippen LogP contribution in [0, 0.1) is 6.92 Å². The quantitative estimate of drug-likeness (QED) is 0.621. The van der Waals surface area contributed by atoms with Crippen molar-refractivity contribution in [2.75, 3.05) is 25.2 Å².